The number of nitrogens with zero attached hydrogens (tertiary/aromatic N) is 3. The molecule has 1 aromatic carbocycles. The quantitative estimate of drug-likeness (QED) is 0.883. The first-order valence-corrected chi connectivity index (χ1v) is 8.01. The first-order chi connectivity index (χ1) is 11.2. The summed E-state index contributed by atoms with van der Waals surface area (Å²) < 4.78 is 0. The normalized spacial score (nSPS) is 14.8. The molecule has 3 rings (SSSR count). The van der Waals surface area contributed by atoms with E-state index in [4.69, 9.17) is 5.73 Å². The summed E-state index contributed by atoms with van der Waals surface area (Å²) in [7, 11) is 0. The minimum Gasteiger partial charge on any atom is -0.398 e. The van der Waals surface area contributed by atoms with Gasteiger partial charge in [-0.05, 0) is 36.2 Å². The Balaban J connectivity index is 1.64. The number of nitrogen functional groups attached to an aromatic ring is 1. The number of pyridine rings is 1. The van der Waals surface area contributed by atoms with Gasteiger partial charge in [-0.3, -0.25) is 9.78 Å². The predicted molar refractivity (Wildman–Crippen MR) is 92.6 cm³/mol. The Morgan fingerprint density at radius 1 is 1.13 bits per heavy atom. The molecule has 0 radical (unpaired) electrons. The molecule has 5 heteroatoms. The van der Waals surface area contributed by atoms with E-state index in [-0.39, 0.29) is 5.91 Å². The van der Waals surface area contributed by atoms with Crippen LogP contribution in [0.25, 0.3) is 0 Å². The number of carbonyl (C=O) groups excluding carboxylic acids is 1. The molecule has 120 valence electrons. The predicted octanol–water partition coefficient (Wildman–Crippen LogP) is 2.19. The van der Waals surface area contributed by atoms with E-state index in [9.17, 15) is 4.79 Å². The third-order valence-corrected chi connectivity index (χ3v) is 4.37. The van der Waals surface area contributed by atoms with Crippen molar-refractivity contribution in [1.29, 1.82) is 0 Å². The van der Waals surface area contributed by atoms with E-state index in [0.717, 1.165) is 44.0 Å². The molecule has 1 aliphatic rings. The molecule has 0 aliphatic carbocycles. The fraction of sp³-hybridized carbons (Fsp3) is 0.333. The molecule has 1 aromatic heterocycles. The van der Waals surface area contributed by atoms with Crippen LogP contribution in [0.3, 0.4) is 0 Å². The molecular weight excluding hydrogens is 288 g/mol. The van der Waals surface area contributed by atoms with Gasteiger partial charge in [0.1, 0.15) is 0 Å². The highest BCUT2D eigenvalue weighted by Crippen LogP contribution is 2.23. The number of aryl methyl sites for hydroxylation is 1. The number of hydrogen-bond donors (Lipinski definition) is 1. The number of aromatic nitrogens is 1. The van der Waals surface area contributed by atoms with Crippen LogP contribution in [-0.2, 0) is 6.42 Å². The smallest absolute Gasteiger partial charge is 0.254 e. The Kier molecular flexibility index (Phi) is 4.46. The third-order valence-electron chi connectivity index (χ3n) is 4.37. The van der Waals surface area contributed by atoms with Crippen molar-refractivity contribution in [2.45, 2.75) is 13.3 Å². The summed E-state index contributed by atoms with van der Waals surface area (Å²) in [6.45, 7) is 5.19. The van der Waals surface area contributed by atoms with Gasteiger partial charge in [0.25, 0.3) is 5.91 Å². The molecule has 0 atom stereocenters. The monoisotopic (exact) mass is 310 g/mol. The van der Waals surface area contributed by atoms with Crippen LogP contribution >= 0.6 is 0 Å². The summed E-state index contributed by atoms with van der Waals surface area (Å²) in [6.07, 6.45) is 4.25. The molecule has 2 N–H and O–H groups in total. The van der Waals surface area contributed by atoms with Gasteiger partial charge < -0.3 is 15.5 Å². The summed E-state index contributed by atoms with van der Waals surface area (Å²) in [5.74, 6) is 0.0768. The number of rotatable bonds is 3. The summed E-state index contributed by atoms with van der Waals surface area (Å²) in [6, 6.07) is 9.78. The first-order valence-electron chi connectivity index (χ1n) is 8.01. The molecule has 1 aliphatic heterocycles. The van der Waals surface area contributed by atoms with Crippen molar-refractivity contribution in [3.8, 4) is 0 Å². The molecule has 2 heterocycles. The van der Waals surface area contributed by atoms with Gasteiger partial charge in [0.2, 0.25) is 0 Å². The van der Waals surface area contributed by atoms with Gasteiger partial charge in [0, 0.05) is 55.5 Å². The molecule has 5 nitrogen and oxygen atoms in total. The van der Waals surface area contributed by atoms with E-state index in [1.54, 1.807) is 24.5 Å². The molecule has 1 fully saturated rings. The van der Waals surface area contributed by atoms with Crippen molar-refractivity contribution in [1.82, 2.24) is 9.88 Å². The third kappa shape index (κ3) is 3.28. The summed E-state index contributed by atoms with van der Waals surface area (Å²) >= 11 is 0. The Morgan fingerprint density at radius 3 is 2.43 bits per heavy atom. The number of nitrogens with two attached hydrogens (primary N) is 1. The van der Waals surface area contributed by atoms with Crippen LogP contribution in [0.1, 0.15) is 22.8 Å². The largest absolute Gasteiger partial charge is 0.398 e. The van der Waals surface area contributed by atoms with Gasteiger partial charge in [0.05, 0.1) is 0 Å². The van der Waals surface area contributed by atoms with Crippen LogP contribution < -0.4 is 10.6 Å². The van der Waals surface area contributed by atoms with Gasteiger partial charge >= 0.3 is 0 Å². The molecule has 2 aromatic rings. The number of hydrogen-bond acceptors (Lipinski definition) is 4. The number of anilines is 2. The Morgan fingerprint density at radius 2 is 1.83 bits per heavy atom. The minimum absolute atomic E-state index is 0.0768. The van der Waals surface area contributed by atoms with E-state index in [0.29, 0.717) is 5.56 Å². The Labute approximate surface area is 136 Å². The van der Waals surface area contributed by atoms with Gasteiger partial charge in [-0.25, -0.2) is 0 Å². The molecule has 0 unspecified atom stereocenters. The Bertz CT molecular complexity index is 679. The zero-order chi connectivity index (χ0) is 16.2. The lowest BCUT2D eigenvalue weighted by molar-refractivity contribution is 0.0746. The van der Waals surface area contributed by atoms with E-state index in [1.807, 2.05) is 11.0 Å². The summed E-state index contributed by atoms with van der Waals surface area (Å²) in [4.78, 5) is 20.6. The van der Waals surface area contributed by atoms with E-state index in [2.05, 4.69) is 28.9 Å². The van der Waals surface area contributed by atoms with Crippen molar-refractivity contribution < 1.29 is 4.79 Å². The molecule has 1 amide bonds. The van der Waals surface area contributed by atoms with Gasteiger partial charge in [-0.2, -0.15) is 0 Å². The summed E-state index contributed by atoms with van der Waals surface area (Å²) in [5.41, 5.74) is 9.96. The van der Waals surface area contributed by atoms with Crippen LogP contribution in [0, 0.1) is 0 Å². The highest BCUT2D eigenvalue weighted by Gasteiger charge is 2.22. The second-order valence-electron chi connectivity index (χ2n) is 5.75. The van der Waals surface area contributed by atoms with Crippen molar-refractivity contribution >= 4 is 17.3 Å². The lowest BCUT2D eigenvalue weighted by Crippen LogP contribution is -2.48. The average Bonchev–Trinajstić information content (AvgIpc) is 2.62. The second kappa shape index (κ2) is 6.69. The standard InChI is InChI=1S/C18H22N4O/c1-2-14-3-4-16(13-17(14)19)21-9-11-22(12-10-21)18(23)15-5-7-20-8-6-15/h3-8,13H,2,9-12,19H2,1H3. The van der Waals surface area contributed by atoms with Crippen LogP contribution in [-0.4, -0.2) is 42.0 Å². The zero-order valence-electron chi connectivity index (χ0n) is 13.4. The second-order valence-corrected chi connectivity index (χ2v) is 5.75. The van der Waals surface area contributed by atoms with Crippen molar-refractivity contribution in [3.63, 3.8) is 0 Å². The van der Waals surface area contributed by atoms with E-state index < -0.39 is 0 Å². The molecular formula is C18H22N4O. The topological polar surface area (TPSA) is 62.5 Å². The molecule has 0 spiro atoms. The summed E-state index contributed by atoms with van der Waals surface area (Å²) in [5, 5.41) is 0. The highest BCUT2D eigenvalue weighted by molar-refractivity contribution is 5.94. The van der Waals surface area contributed by atoms with Gasteiger partial charge in [-0.15, -0.1) is 0 Å². The maximum atomic E-state index is 12.4. The van der Waals surface area contributed by atoms with Crippen molar-refractivity contribution in [2.24, 2.45) is 0 Å². The fourth-order valence-electron chi connectivity index (χ4n) is 2.95. The Hall–Kier alpha value is -2.56. The van der Waals surface area contributed by atoms with Gasteiger partial charge in [0.15, 0.2) is 0 Å². The molecule has 1 saturated heterocycles. The molecule has 0 bridgehead atoms. The number of piperazine rings is 1. The SMILES string of the molecule is CCc1ccc(N2CCN(C(=O)c3ccncc3)CC2)cc1N. The van der Waals surface area contributed by atoms with Crippen molar-refractivity contribution in [3.05, 3.63) is 53.9 Å². The maximum absolute atomic E-state index is 12.4. The number of amides is 1. The average molecular weight is 310 g/mol. The van der Waals surface area contributed by atoms with E-state index in [1.165, 1.54) is 5.56 Å². The number of benzene rings is 1. The van der Waals surface area contributed by atoms with Crippen LogP contribution in [0.4, 0.5) is 11.4 Å². The minimum atomic E-state index is 0.0768. The maximum Gasteiger partial charge on any atom is 0.254 e. The van der Waals surface area contributed by atoms with Crippen LogP contribution in [0.2, 0.25) is 0 Å². The highest BCUT2D eigenvalue weighted by atomic mass is 16.2. The lowest BCUT2D eigenvalue weighted by Gasteiger charge is -2.36. The lowest BCUT2D eigenvalue weighted by atomic mass is 10.1. The van der Waals surface area contributed by atoms with E-state index >= 15 is 0 Å². The van der Waals surface area contributed by atoms with Gasteiger partial charge in [-0.1, -0.05) is 13.0 Å². The van der Waals surface area contributed by atoms with Crippen molar-refractivity contribution in [2.75, 3.05) is 36.8 Å². The van der Waals surface area contributed by atoms with Crippen LogP contribution in [0.5, 0.6) is 0 Å². The number of carbonyl (C=O) groups is 1. The molecule has 0 saturated carbocycles. The van der Waals surface area contributed by atoms with Crippen LogP contribution in [0.15, 0.2) is 42.7 Å². The first kappa shape index (κ1) is 15.3. The zero-order valence-corrected chi connectivity index (χ0v) is 13.4. The fourth-order valence-corrected chi connectivity index (χ4v) is 2.95. The molecule has 23 heavy (non-hydrogen) atoms.